The van der Waals surface area contributed by atoms with Gasteiger partial charge in [-0.15, -0.1) is 0 Å². The van der Waals surface area contributed by atoms with Gasteiger partial charge < -0.3 is 24.7 Å². The molecule has 0 aromatic heterocycles. The first kappa shape index (κ1) is 18.0. The van der Waals surface area contributed by atoms with E-state index in [1.165, 1.54) is 12.1 Å². The minimum Gasteiger partial charge on any atom is -0.367 e. The quantitative estimate of drug-likeness (QED) is 0.515. The molecule has 9 heteroatoms. The van der Waals surface area contributed by atoms with Crippen LogP contribution in [0.25, 0.3) is 11.1 Å². The second kappa shape index (κ2) is 6.30. The molecule has 0 saturated heterocycles. The molecule has 0 spiro atoms. The van der Waals surface area contributed by atoms with Gasteiger partial charge in [0.05, 0.1) is 0 Å². The molecule has 2 aromatic rings. The van der Waals surface area contributed by atoms with E-state index < -0.39 is 26.7 Å². The van der Waals surface area contributed by atoms with Crippen LogP contribution in [0.5, 0.6) is 0 Å². The van der Waals surface area contributed by atoms with E-state index in [2.05, 4.69) is 0 Å². The smallest absolute Gasteiger partial charge is 0.367 e. The minimum absolute atomic E-state index is 0.195. The molecule has 0 atom stereocenters. The van der Waals surface area contributed by atoms with Crippen LogP contribution in [0.15, 0.2) is 54.6 Å². The fourth-order valence-electron chi connectivity index (χ4n) is 2.14. The Bertz CT molecular complexity index is 757. The molecule has 0 unspecified atom stereocenters. The van der Waals surface area contributed by atoms with Gasteiger partial charge in [-0.2, -0.15) is 0 Å². The van der Waals surface area contributed by atoms with E-state index in [-0.39, 0.29) is 5.56 Å². The zero-order valence-electron chi connectivity index (χ0n) is 11.9. The van der Waals surface area contributed by atoms with Gasteiger partial charge >= 0.3 is 15.2 Å². The number of hydrogen-bond acceptors (Lipinski definition) is 3. The number of rotatable bonds is 5. The molecule has 0 saturated carbocycles. The molecule has 0 aliphatic rings. The topological polar surface area (TPSA) is 135 Å². The Morgan fingerprint density at radius 2 is 1.30 bits per heavy atom. The summed E-state index contributed by atoms with van der Waals surface area (Å²) in [4.78, 5) is 36.8. The van der Waals surface area contributed by atoms with Crippen LogP contribution in [0.2, 0.25) is 0 Å². The van der Waals surface area contributed by atoms with Gasteiger partial charge in [-0.05, 0) is 16.7 Å². The minimum atomic E-state index is -5.47. The first-order chi connectivity index (χ1) is 10.5. The molecule has 7 nitrogen and oxygen atoms in total. The Morgan fingerprint density at radius 1 is 0.783 bits per heavy atom. The summed E-state index contributed by atoms with van der Waals surface area (Å²) in [7, 11) is -10.9. The van der Waals surface area contributed by atoms with Crippen molar-refractivity contribution in [3.8, 4) is 11.1 Å². The lowest BCUT2D eigenvalue weighted by atomic mass is 10.0. The van der Waals surface area contributed by atoms with E-state index in [1.807, 2.05) is 30.3 Å². The van der Waals surface area contributed by atoms with Crippen LogP contribution in [0.4, 0.5) is 0 Å². The SMILES string of the molecule is O=P(O)(O)C(O)(Cc1cccc(-c2ccccc2)c1)P(=O)(O)O. The van der Waals surface area contributed by atoms with E-state index in [0.717, 1.165) is 5.56 Å². The van der Waals surface area contributed by atoms with Crippen LogP contribution in [0, 0.1) is 0 Å². The standard InChI is InChI=1S/C14H16O7P2/c15-14(22(16,17)18,23(19,20)21)10-11-5-4-8-13(9-11)12-6-2-1-3-7-12/h1-9,15H,10H2,(H2,16,17,18)(H2,19,20,21). The fraction of sp³-hybridized carbons (Fsp3) is 0.143. The van der Waals surface area contributed by atoms with Crippen LogP contribution in [0.1, 0.15) is 5.56 Å². The molecule has 23 heavy (non-hydrogen) atoms. The highest BCUT2D eigenvalue weighted by molar-refractivity contribution is 7.72. The number of aliphatic hydroxyl groups is 1. The Labute approximate surface area is 132 Å². The van der Waals surface area contributed by atoms with Gasteiger partial charge in [0.2, 0.25) is 0 Å². The summed E-state index contributed by atoms with van der Waals surface area (Å²) in [5.74, 6) is 0. The van der Waals surface area contributed by atoms with E-state index >= 15 is 0 Å². The first-order valence-electron chi connectivity index (χ1n) is 6.53. The summed E-state index contributed by atoms with van der Waals surface area (Å²) in [5, 5.41) is 6.52. The van der Waals surface area contributed by atoms with Crippen LogP contribution < -0.4 is 0 Å². The summed E-state index contributed by atoms with van der Waals surface area (Å²) >= 11 is 0. The Kier molecular flexibility index (Phi) is 4.95. The van der Waals surface area contributed by atoms with Crippen molar-refractivity contribution < 1.29 is 33.8 Å². The normalized spacial score (nSPS) is 13.1. The zero-order valence-corrected chi connectivity index (χ0v) is 13.6. The van der Waals surface area contributed by atoms with Crippen molar-refractivity contribution in [1.29, 1.82) is 0 Å². The van der Waals surface area contributed by atoms with Crippen molar-refractivity contribution in [3.63, 3.8) is 0 Å². The van der Waals surface area contributed by atoms with Crippen LogP contribution in [0.3, 0.4) is 0 Å². The zero-order chi connectivity index (χ0) is 17.3. The fourth-order valence-corrected chi connectivity index (χ4v) is 4.28. The molecular formula is C14H16O7P2. The molecule has 2 aromatic carbocycles. The number of hydrogen-bond donors (Lipinski definition) is 5. The van der Waals surface area contributed by atoms with E-state index in [9.17, 15) is 33.8 Å². The van der Waals surface area contributed by atoms with Crippen molar-refractivity contribution in [2.45, 2.75) is 11.5 Å². The third-order valence-corrected chi connectivity index (χ3v) is 7.15. The predicted octanol–water partition coefficient (Wildman–Crippen LogP) is 1.90. The monoisotopic (exact) mass is 358 g/mol. The van der Waals surface area contributed by atoms with E-state index in [1.54, 1.807) is 12.1 Å². The van der Waals surface area contributed by atoms with Gasteiger partial charge in [0, 0.05) is 6.42 Å². The average molecular weight is 358 g/mol. The highest BCUT2D eigenvalue weighted by Gasteiger charge is 2.59. The largest absolute Gasteiger partial charge is 0.369 e. The molecule has 0 aliphatic carbocycles. The van der Waals surface area contributed by atoms with Crippen molar-refractivity contribution in [2.24, 2.45) is 0 Å². The molecule has 0 amide bonds. The Balaban J connectivity index is 2.44. The predicted molar refractivity (Wildman–Crippen MR) is 84.6 cm³/mol. The lowest BCUT2D eigenvalue weighted by Gasteiger charge is -2.29. The van der Waals surface area contributed by atoms with Crippen molar-refractivity contribution in [1.82, 2.24) is 0 Å². The maximum atomic E-state index is 11.4. The van der Waals surface area contributed by atoms with E-state index in [4.69, 9.17) is 0 Å². The molecular weight excluding hydrogens is 342 g/mol. The van der Waals surface area contributed by atoms with Crippen LogP contribution >= 0.6 is 15.2 Å². The first-order valence-corrected chi connectivity index (χ1v) is 9.75. The summed E-state index contributed by atoms with van der Waals surface area (Å²) in [6.07, 6.45) is -0.873. The third-order valence-electron chi connectivity index (χ3n) is 3.41. The molecule has 0 aliphatic heterocycles. The molecule has 5 N–H and O–H groups in total. The summed E-state index contributed by atoms with van der Waals surface area (Å²) in [6, 6.07) is 15.4. The highest BCUT2D eigenvalue weighted by Crippen LogP contribution is 2.68. The summed E-state index contributed by atoms with van der Waals surface area (Å²) in [6.45, 7) is 0. The molecule has 0 bridgehead atoms. The Morgan fingerprint density at radius 3 is 1.83 bits per heavy atom. The van der Waals surface area contributed by atoms with Crippen molar-refractivity contribution >= 4 is 15.2 Å². The molecule has 0 fully saturated rings. The number of benzene rings is 2. The average Bonchev–Trinajstić information content (AvgIpc) is 2.46. The lowest BCUT2D eigenvalue weighted by Crippen LogP contribution is -2.31. The molecule has 2 rings (SSSR count). The van der Waals surface area contributed by atoms with Gasteiger partial charge in [0.25, 0.3) is 5.08 Å². The van der Waals surface area contributed by atoms with Gasteiger partial charge in [-0.1, -0.05) is 54.6 Å². The second-order valence-electron chi connectivity index (χ2n) is 5.11. The van der Waals surface area contributed by atoms with Gasteiger partial charge in [0.1, 0.15) is 0 Å². The van der Waals surface area contributed by atoms with E-state index in [0.29, 0.717) is 5.56 Å². The highest BCUT2D eigenvalue weighted by atomic mass is 31.2. The van der Waals surface area contributed by atoms with Gasteiger partial charge in [-0.25, -0.2) is 0 Å². The molecule has 0 radical (unpaired) electrons. The van der Waals surface area contributed by atoms with Crippen LogP contribution in [-0.4, -0.2) is 29.8 Å². The Hall–Kier alpha value is -1.30. The maximum absolute atomic E-state index is 11.4. The molecule has 124 valence electrons. The second-order valence-corrected chi connectivity index (χ2v) is 9.11. The maximum Gasteiger partial charge on any atom is 0.369 e. The summed E-state index contributed by atoms with van der Waals surface area (Å²) in [5.41, 5.74) is 1.72. The molecule has 0 heterocycles. The van der Waals surface area contributed by atoms with Gasteiger partial charge in [0.15, 0.2) is 0 Å². The third kappa shape index (κ3) is 3.79. The van der Waals surface area contributed by atoms with Gasteiger partial charge in [-0.3, -0.25) is 9.13 Å². The lowest BCUT2D eigenvalue weighted by molar-refractivity contribution is 0.131. The summed E-state index contributed by atoms with van der Waals surface area (Å²) < 4.78 is 22.8. The van der Waals surface area contributed by atoms with Crippen molar-refractivity contribution in [2.75, 3.05) is 0 Å². The van der Waals surface area contributed by atoms with Crippen LogP contribution in [-0.2, 0) is 15.6 Å². The van der Waals surface area contributed by atoms with Crippen molar-refractivity contribution in [3.05, 3.63) is 60.2 Å².